The number of pyridine rings is 1. The molecule has 166 valence electrons. The fraction of sp³-hybridized carbons (Fsp3) is 0.364. The van der Waals surface area contributed by atoms with Crippen LogP contribution in [0.4, 0.5) is 14.6 Å². The van der Waals surface area contributed by atoms with Gasteiger partial charge in [0.15, 0.2) is 11.4 Å². The van der Waals surface area contributed by atoms with Gasteiger partial charge in [-0.1, -0.05) is 0 Å². The van der Waals surface area contributed by atoms with Crippen LogP contribution in [0.3, 0.4) is 0 Å². The predicted octanol–water partition coefficient (Wildman–Crippen LogP) is 4.29. The number of hydrogen-bond acceptors (Lipinski definition) is 5. The molecule has 1 amide bonds. The first kappa shape index (κ1) is 20.3. The second kappa shape index (κ2) is 7.25. The minimum absolute atomic E-state index is 0.100. The van der Waals surface area contributed by atoms with Crippen molar-refractivity contribution in [2.75, 3.05) is 4.90 Å². The largest absolute Gasteiger partial charge is 0.463 e. The van der Waals surface area contributed by atoms with Gasteiger partial charge in [0.25, 0.3) is 12.3 Å². The Kier molecular flexibility index (Phi) is 4.61. The molecule has 2 atom stereocenters. The highest BCUT2D eigenvalue weighted by Crippen LogP contribution is 2.38. The van der Waals surface area contributed by atoms with Gasteiger partial charge in [-0.3, -0.25) is 14.4 Å². The molecular formula is C22H22F2N6O2. The first-order chi connectivity index (χ1) is 15.3. The topological polar surface area (TPSA) is 82.0 Å². The fourth-order valence-corrected chi connectivity index (χ4v) is 4.52. The van der Waals surface area contributed by atoms with E-state index in [-0.39, 0.29) is 12.3 Å². The molecule has 32 heavy (non-hydrogen) atoms. The number of halogens is 2. The summed E-state index contributed by atoms with van der Waals surface area (Å²) in [6.07, 6.45) is -0.940. The number of nitrogens with zero attached hydrogens (tertiary/aromatic N) is 6. The van der Waals surface area contributed by atoms with Crippen LogP contribution in [-0.2, 0) is 7.05 Å². The normalized spacial score (nSPS) is 18.5. The highest BCUT2D eigenvalue weighted by molar-refractivity contribution is 6.14. The molecule has 0 saturated heterocycles. The maximum atomic E-state index is 14.0. The Balaban J connectivity index is 1.70. The SMILES string of the molecule is Cc1cc2n(n1)[C@@H](C(F)F)C[C@@H](C)N2C(=O)c1cc(-c2ccco2)nc2c1c(C)nn2C. The lowest BCUT2D eigenvalue weighted by molar-refractivity contribution is 0.0609. The number of alkyl halides is 2. The summed E-state index contributed by atoms with van der Waals surface area (Å²) in [6, 6.07) is 5.34. The summed E-state index contributed by atoms with van der Waals surface area (Å²) in [5.74, 6) is 0.565. The lowest BCUT2D eigenvalue weighted by Crippen LogP contribution is -2.46. The van der Waals surface area contributed by atoms with Crippen molar-refractivity contribution in [3.8, 4) is 11.5 Å². The number of hydrogen-bond donors (Lipinski definition) is 0. The number of furan rings is 1. The Morgan fingerprint density at radius 2 is 2.03 bits per heavy atom. The Bertz CT molecular complexity index is 1320. The molecule has 0 bridgehead atoms. The summed E-state index contributed by atoms with van der Waals surface area (Å²) in [5, 5.41) is 9.32. The van der Waals surface area contributed by atoms with Gasteiger partial charge in [-0.15, -0.1) is 0 Å². The molecule has 5 heterocycles. The van der Waals surface area contributed by atoms with Crippen molar-refractivity contribution in [3.63, 3.8) is 0 Å². The number of rotatable bonds is 3. The summed E-state index contributed by atoms with van der Waals surface area (Å²) >= 11 is 0. The molecular weight excluding hydrogens is 418 g/mol. The van der Waals surface area contributed by atoms with E-state index in [4.69, 9.17) is 4.42 Å². The van der Waals surface area contributed by atoms with Crippen LogP contribution in [0.2, 0.25) is 0 Å². The zero-order valence-electron chi connectivity index (χ0n) is 18.1. The maximum Gasteiger partial charge on any atom is 0.260 e. The third-order valence-electron chi connectivity index (χ3n) is 5.90. The van der Waals surface area contributed by atoms with Gasteiger partial charge in [-0.2, -0.15) is 10.2 Å². The van der Waals surface area contributed by atoms with Gasteiger partial charge in [0.05, 0.1) is 28.6 Å². The summed E-state index contributed by atoms with van der Waals surface area (Å²) in [4.78, 5) is 20.2. The lowest BCUT2D eigenvalue weighted by Gasteiger charge is -2.38. The molecule has 0 N–H and O–H groups in total. The van der Waals surface area contributed by atoms with Crippen LogP contribution in [0.25, 0.3) is 22.5 Å². The van der Waals surface area contributed by atoms with Crippen molar-refractivity contribution in [3.05, 3.63) is 47.5 Å². The van der Waals surface area contributed by atoms with Crippen LogP contribution >= 0.6 is 0 Å². The zero-order chi connectivity index (χ0) is 22.7. The van der Waals surface area contributed by atoms with Crippen LogP contribution in [0.5, 0.6) is 0 Å². The minimum atomic E-state index is -2.58. The number of fused-ring (bicyclic) bond motifs is 2. The van der Waals surface area contributed by atoms with E-state index in [0.29, 0.717) is 45.3 Å². The predicted molar refractivity (Wildman–Crippen MR) is 114 cm³/mol. The quantitative estimate of drug-likeness (QED) is 0.475. The first-order valence-corrected chi connectivity index (χ1v) is 10.3. The average molecular weight is 440 g/mol. The van der Waals surface area contributed by atoms with Gasteiger partial charge in [0.1, 0.15) is 17.6 Å². The van der Waals surface area contributed by atoms with Crippen molar-refractivity contribution >= 4 is 22.8 Å². The van der Waals surface area contributed by atoms with Gasteiger partial charge < -0.3 is 4.42 Å². The molecule has 0 saturated carbocycles. The van der Waals surface area contributed by atoms with Gasteiger partial charge in [-0.05, 0) is 45.4 Å². The van der Waals surface area contributed by atoms with Gasteiger partial charge in [0.2, 0.25) is 0 Å². The maximum absolute atomic E-state index is 14.0. The number of aryl methyl sites for hydroxylation is 3. The molecule has 4 aromatic rings. The van der Waals surface area contributed by atoms with Crippen molar-refractivity contribution in [1.82, 2.24) is 24.5 Å². The highest BCUT2D eigenvalue weighted by atomic mass is 19.3. The second-order valence-corrected chi connectivity index (χ2v) is 8.19. The van der Waals surface area contributed by atoms with Crippen LogP contribution in [0, 0.1) is 13.8 Å². The van der Waals surface area contributed by atoms with E-state index in [1.165, 1.54) is 10.9 Å². The van der Waals surface area contributed by atoms with Gasteiger partial charge >= 0.3 is 0 Å². The molecule has 10 heteroatoms. The van der Waals surface area contributed by atoms with Gasteiger partial charge in [0, 0.05) is 19.2 Å². The summed E-state index contributed by atoms with van der Waals surface area (Å²) in [5.41, 5.74) is 2.66. The molecule has 0 unspecified atom stereocenters. The van der Waals surface area contributed by atoms with Crippen LogP contribution in [0.15, 0.2) is 34.9 Å². The number of carbonyl (C=O) groups is 1. The molecule has 4 aromatic heterocycles. The summed E-state index contributed by atoms with van der Waals surface area (Å²) < 4.78 is 35.8. The summed E-state index contributed by atoms with van der Waals surface area (Å²) in [6.45, 7) is 5.32. The van der Waals surface area contributed by atoms with Crippen LogP contribution in [0.1, 0.15) is 41.1 Å². The molecule has 8 nitrogen and oxygen atoms in total. The lowest BCUT2D eigenvalue weighted by atomic mass is 10.0. The van der Waals surface area contributed by atoms with E-state index in [1.807, 2.05) is 6.92 Å². The zero-order valence-corrected chi connectivity index (χ0v) is 18.1. The Labute approximate surface area is 182 Å². The van der Waals surface area contributed by atoms with Crippen LogP contribution < -0.4 is 4.90 Å². The van der Waals surface area contributed by atoms with Crippen molar-refractivity contribution in [1.29, 1.82) is 0 Å². The van der Waals surface area contributed by atoms with E-state index < -0.39 is 18.5 Å². The molecule has 1 aliphatic heterocycles. The van der Waals surface area contributed by atoms with Crippen molar-refractivity contribution < 1.29 is 18.0 Å². The number of aromatic nitrogens is 5. The Morgan fingerprint density at radius 3 is 2.72 bits per heavy atom. The average Bonchev–Trinajstić information content (AvgIpc) is 3.46. The smallest absolute Gasteiger partial charge is 0.260 e. The molecule has 5 rings (SSSR count). The molecule has 0 aromatic carbocycles. The van der Waals surface area contributed by atoms with Gasteiger partial charge in [-0.25, -0.2) is 18.4 Å². The molecule has 0 radical (unpaired) electrons. The first-order valence-electron chi connectivity index (χ1n) is 10.3. The summed E-state index contributed by atoms with van der Waals surface area (Å²) in [7, 11) is 1.76. The van der Waals surface area contributed by atoms with Crippen LogP contribution in [-0.4, -0.2) is 42.9 Å². The molecule has 0 aliphatic carbocycles. The standard InChI is InChI=1S/C22H22F2N6O2/c1-11-8-18-29(12(2)9-16(20(23)24)30(18)26-11)22(31)14-10-15(17-6-5-7-32-17)25-21-19(14)13(3)27-28(21)4/h5-8,10,12,16,20H,9H2,1-4H3/t12-,16-/m1/s1. The van der Waals surface area contributed by atoms with Crippen molar-refractivity contribution in [2.45, 2.75) is 45.7 Å². The molecule has 1 aliphatic rings. The monoisotopic (exact) mass is 440 g/mol. The molecule has 0 spiro atoms. The van der Waals surface area contributed by atoms with E-state index in [0.717, 1.165) is 0 Å². The number of anilines is 1. The Hall–Kier alpha value is -3.56. The third kappa shape index (κ3) is 3.01. The highest BCUT2D eigenvalue weighted by Gasteiger charge is 2.40. The minimum Gasteiger partial charge on any atom is -0.463 e. The van der Waals surface area contributed by atoms with E-state index >= 15 is 0 Å². The third-order valence-corrected chi connectivity index (χ3v) is 5.90. The number of carbonyl (C=O) groups excluding carboxylic acids is 1. The fourth-order valence-electron chi connectivity index (χ4n) is 4.52. The van der Waals surface area contributed by atoms with Crippen molar-refractivity contribution in [2.24, 2.45) is 7.05 Å². The molecule has 0 fully saturated rings. The van der Waals surface area contributed by atoms with E-state index in [9.17, 15) is 13.6 Å². The number of amides is 1. The van der Waals surface area contributed by atoms with E-state index in [1.54, 1.807) is 54.7 Å². The second-order valence-electron chi connectivity index (χ2n) is 8.19. The Morgan fingerprint density at radius 1 is 1.25 bits per heavy atom. The van der Waals surface area contributed by atoms with E-state index in [2.05, 4.69) is 15.2 Å².